The smallest absolute Gasteiger partial charge is 0.194 e. The molecular weight excluding hydrogens is 268 g/mol. The van der Waals surface area contributed by atoms with E-state index >= 15 is 0 Å². The van der Waals surface area contributed by atoms with Crippen LogP contribution in [0.5, 0.6) is 0 Å². The second kappa shape index (κ2) is 6.63. The number of aromatic nitrogens is 2. The summed E-state index contributed by atoms with van der Waals surface area (Å²) in [4.78, 5) is 12.5. The molecule has 1 aliphatic heterocycles. The van der Waals surface area contributed by atoms with Gasteiger partial charge in [0.2, 0.25) is 0 Å². The van der Waals surface area contributed by atoms with E-state index in [4.69, 9.17) is 4.74 Å². The summed E-state index contributed by atoms with van der Waals surface area (Å²) >= 11 is 3.65. The van der Waals surface area contributed by atoms with Gasteiger partial charge in [-0.1, -0.05) is 6.92 Å². The Bertz CT molecular complexity index is 409. The molecule has 0 radical (unpaired) electrons. The van der Waals surface area contributed by atoms with Gasteiger partial charge in [0, 0.05) is 30.1 Å². The number of thioether (sulfide) groups is 2. The van der Waals surface area contributed by atoms with Crippen LogP contribution in [0.1, 0.15) is 17.4 Å². The number of hydrogen-bond donors (Lipinski definition) is 0. The fourth-order valence-electron chi connectivity index (χ4n) is 1.96. The molecule has 1 aromatic heterocycles. The molecule has 0 bridgehead atoms. The Morgan fingerprint density at radius 3 is 3.06 bits per heavy atom. The van der Waals surface area contributed by atoms with Gasteiger partial charge in [-0.2, -0.15) is 16.9 Å². The molecule has 0 N–H and O–H groups in total. The lowest BCUT2D eigenvalue weighted by atomic mass is 10.1. The van der Waals surface area contributed by atoms with Crippen LogP contribution in [0, 0.1) is 0 Å². The van der Waals surface area contributed by atoms with Crippen molar-refractivity contribution >= 4 is 29.3 Å². The highest BCUT2D eigenvalue weighted by atomic mass is 32.2. The Kier molecular flexibility index (Phi) is 5.14. The number of nitrogens with zero attached hydrogens (tertiary/aromatic N) is 2. The van der Waals surface area contributed by atoms with E-state index in [1.54, 1.807) is 29.8 Å². The highest BCUT2D eigenvalue weighted by Crippen LogP contribution is 2.33. The Morgan fingerprint density at radius 1 is 1.56 bits per heavy atom. The lowest BCUT2D eigenvalue weighted by molar-refractivity contribution is 0.0975. The lowest BCUT2D eigenvalue weighted by Gasteiger charge is -2.26. The molecule has 2 atom stereocenters. The summed E-state index contributed by atoms with van der Waals surface area (Å²) in [5.41, 5.74) is 0.707. The number of ether oxygens (including phenoxy) is 1. The summed E-state index contributed by atoms with van der Waals surface area (Å²) in [7, 11) is 1.65. The average Bonchev–Trinajstić information content (AvgIpc) is 2.84. The third-order valence-corrected chi connectivity index (χ3v) is 6.01. The largest absolute Gasteiger partial charge is 0.383 e. The lowest BCUT2D eigenvalue weighted by Crippen LogP contribution is -2.32. The van der Waals surface area contributed by atoms with Crippen molar-refractivity contribution in [3.8, 4) is 0 Å². The molecule has 2 heterocycles. The molecule has 1 aromatic rings. The zero-order chi connectivity index (χ0) is 13.0. The summed E-state index contributed by atoms with van der Waals surface area (Å²) in [6.07, 6.45) is 1.69. The number of hydrogen-bond acceptors (Lipinski definition) is 5. The fraction of sp³-hybridized carbons (Fsp3) is 0.667. The van der Waals surface area contributed by atoms with Gasteiger partial charge in [-0.05, 0) is 6.07 Å². The number of rotatable bonds is 5. The van der Waals surface area contributed by atoms with Crippen molar-refractivity contribution in [1.82, 2.24) is 9.78 Å². The average molecular weight is 286 g/mol. The molecule has 0 saturated carbocycles. The van der Waals surface area contributed by atoms with E-state index in [-0.39, 0.29) is 11.0 Å². The quantitative estimate of drug-likeness (QED) is 0.774. The topological polar surface area (TPSA) is 44.1 Å². The van der Waals surface area contributed by atoms with E-state index in [0.717, 1.165) is 11.5 Å². The molecule has 1 saturated heterocycles. The van der Waals surface area contributed by atoms with Gasteiger partial charge >= 0.3 is 0 Å². The highest BCUT2D eigenvalue weighted by molar-refractivity contribution is 8.07. The maximum atomic E-state index is 12.5. The van der Waals surface area contributed by atoms with Crippen LogP contribution < -0.4 is 0 Å². The summed E-state index contributed by atoms with van der Waals surface area (Å²) in [6.45, 7) is 3.34. The zero-order valence-electron chi connectivity index (χ0n) is 10.7. The predicted octanol–water partition coefficient (Wildman–Crippen LogP) is 1.95. The van der Waals surface area contributed by atoms with Crippen molar-refractivity contribution in [3.05, 3.63) is 18.0 Å². The molecule has 1 aliphatic rings. The van der Waals surface area contributed by atoms with Crippen molar-refractivity contribution in [2.24, 2.45) is 0 Å². The van der Waals surface area contributed by atoms with Crippen LogP contribution in [0.15, 0.2) is 12.3 Å². The number of Topliss-reactive ketones (excluding diaryl/α,β-unsaturated/α-hetero) is 1. The monoisotopic (exact) mass is 286 g/mol. The van der Waals surface area contributed by atoms with Gasteiger partial charge in [-0.15, -0.1) is 11.8 Å². The van der Waals surface area contributed by atoms with Gasteiger partial charge in [0.15, 0.2) is 5.78 Å². The van der Waals surface area contributed by atoms with Gasteiger partial charge in [0.25, 0.3) is 0 Å². The van der Waals surface area contributed by atoms with Crippen molar-refractivity contribution < 1.29 is 9.53 Å². The van der Waals surface area contributed by atoms with Crippen molar-refractivity contribution in [1.29, 1.82) is 0 Å². The molecule has 4 nitrogen and oxygen atoms in total. The fourth-order valence-corrected chi connectivity index (χ4v) is 4.67. The van der Waals surface area contributed by atoms with E-state index in [0.29, 0.717) is 24.1 Å². The Balaban J connectivity index is 2.10. The minimum absolute atomic E-state index is 0.0572. The molecule has 2 unspecified atom stereocenters. The van der Waals surface area contributed by atoms with Crippen LogP contribution in [0.2, 0.25) is 0 Å². The third-order valence-electron chi connectivity index (χ3n) is 2.92. The number of carbonyl (C=O) groups is 1. The van der Waals surface area contributed by atoms with Crippen LogP contribution in [0.3, 0.4) is 0 Å². The normalized spacial score (nSPS) is 24.1. The number of methoxy groups -OCH3 is 1. The van der Waals surface area contributed by atoms with Crippen molar-refractivity contribution in [2.75, 3.05) is 25.2 Å². The molecule has 0 spiro atoms. The SMILES string of the molecule is COCCn1nccc1C(=O)C1SCCSC1C. The number of carbonyl (C=O) groups excluding carboxylic acids is 1. The Hall–Kier alpha value is -0.460. The van der Waals surface area contributed by atoms with E-state index in [2.05, 4.69) is 12.0 Å². The first-order valence-corrected chi connectivity index (χ1v) is 8.12. The highest BCUT2D eigenvalue weighted by Gasteiger charge is 2.31. The Morgan fingerprint density at radius 2 is 2.33 bits per heavy atom. The molecule has 0 aliphatic carbocycles. The molecule has 2 rings (SSSR count). The van der Waals surface area contributed by atoms with Crippen LogP contribution in [0.4, 0.5) is 0 Å². The molecule has 18 heavy (non-hydrogen) atoms. The number of ketones is 1. The van der Waals surface area contributed by atoms with E-state index in [9.17, 15) is 4.79 Å². The van der Waals surface area contributed by atoms with E-state index in [1.807, 2.05) is 17.8 Å². The van der Waals surface area contributed by atoms with Gasteiger partial charge < -0.3 is 4.74 Å². The van der Waals surface area contributed by atoms with Crippen molar-refractivity contribution in [3.63, 3.8) is 0 Å². The van der Waals surface area contributed by atoms with Crippen LogP contribution in [0.25, 0.3) is 0 Å². The standard InChI is InChI=1S/C12H18N2O2S2/c1-9-12(18-8-7-17-9)11(15)10-3-4-13-14(10)5-6-16-2/h3-4,9,12H,5-8H2,1-2H3. The minimum atomic E-state index is 0.0572. The summed E-state index contributed by atoms with van der Waals surface area (Å²) in [6, 6.07) is 1.81. The van der Waals surface area contributed by atoms with Gasteiger partial charge in [-0.3, -0.25) is 9.48 Å². The first-order chi connectivity index (χ1) is 8.74. The summed E-state index contributed by atoms with van der Waals surface area (Å²) < 4.78 is 6.78. The summed E-state index contributed by atoms with van der Waals surface area (Å²) in [5, 5.41) is 4.63. The molecule has 6 heteroatoms. The molecule has 100 valence electrons. The minimum Gasteiger partial charge on any atom is -0.383 e. The maximum Gasteiger partial charge on any atom is 0.194 e. The maximum absolute atomic E-state index is 12.5. The van der Waals surface area contributed by atoms with Crippen LogP contribution >= 0.6 is 23.5 Å². The van der Waals surface area contributed by atoms with Gasteiger partial charge in [0.1, 0.15) is 5.69 Å². The zero-order valence-corrected chi connectivity index (χ0v) is 12.3. The van der Waals surface area contributed by atoms with E-state index in [1.165, 1.54) is 0 Å². The first-order valence-electron chi connectivity index (χ1n) is 6.02. The van der Waals surface area contributed by atoms with E-state index < -0.39 is 0 Å². The third kappa shape index (κ3) is 3.10. The van der Waals surface area contributed by atoms with Gasteiger partial charge in [0.05, 0.1) is 18.4 Å². The predicted molar refractivity (Wildman–Crippen MR) is 76.6 cm³/mol. The van der Waals surface area contributed by atoms with Crippen LogP contribution in [-0.2, 0) is 11.3 Å². The molecule has 0 aromatic carbocycles. The second-order valence-electron chi connectivity index (χ2n) is 4.16. The first kappa shape index (κ1) is 14.0. The second-order valence-corrected chi connectivity index (χ2v) is 6.90. The van der Waals surface area contributed by atoms with Crippen molar-refractivity contribution in [2.45, 2.75) is 24.0 Å². The molecule has 0 amide bonds. The summed E-state index contributed by atoms with van der Waals surface area (Å²) in [5.74, 6) is 2.39. The van der Waals surface area contributed by atoms with Gasteiger partial charge in [-0.25, -0.2) is 0 Å². The molecular formula is C12H18N2O2S2. The van der Waals surface area contributed by atoms with Crippen LogP contribution in [-0.4, -0.2) is 51.3 Å². The Labute approximate surface area is 116 Å². The molecule has 1 fully saturated rings.